The molecule has 0 bridgehead atoms. The summed E-state index contributed by atoms with van der Waals surface area (Å²) in [5.41, 5.74) is 1.82. The highest BCUT2D eigenvalue weighted by Crippen LogP contribution is 2.39. The van der Waals surface area contributed by atoms with Crippen molar-refractivity contribution in [1.82, 2.24) is 0 Å². The number of para-hydroxylation sites is 1. The predicted molar refractivity (Wildman–Crippen MR) is 77.4 cm³/mol. The van der Waals surface area contributed by atoms with E-state index >= 15 is 0 Å². The van der Waals surface area contributed by atoms with E-state index in [1.165, 1.54) is 0 Å². The van der Waals surface area contributed by atoms with Crippen molar-refractivity contribution in [2.24, 2.45) is 0 Å². The Morgan fingerprint density at radius 3 is 3.10 bits per heavy atom. The monoisotopic (exact) mass is 276 g/mol. The molecule has 0 saturated carbocycles. The maximum absolute atomic E-state index is 12.1. The fourth-order valence-electron chi connectivity index (χ4n) is 2.78. The Labute approximate surface area is 118 Å². The van der Waals surface area contributed by atoms with Crippen molar-refractivity contribution in [3.8, 4) is 5.75 Å². The number of ether oxygens (including phenoxy) is 2. The highest BCUT2D eigenvalue weighted by atomic mass is 16.5. The van der Waals surface area contributed by atoms with Gasteiger partial charge in [0.05, 0.1) is 31.0 Å². The highest BCUT2D eigenvalue weighted by molar-refractivity contribution is 5.98. The molecule has 0 aromatic heterocycles. The summed E-state index contributed by atoms with van der Waals surface area (Å²) in [6.45, 7) is 6.06. The van der Waals surface area contributed by atoms with Crippen molar-refractivity contribution in [3.63, 3.8) is 0 Å². The maximum atomic E-state index is 12.1. The van der Waals surface area contributed by atoms with E-state index in [-0.39, 0.29) is 18.1 Å². The average Bonchev–Trinajstić information content (AvgIpc) is 2.55. The fraction of sp³-hybridized carbons (Fsp3) is 0.533. The van der Waals surface area contributed by atoms with Crippen LogP contribution >= 0.6 is 0 Å². The van der Waals surface area contributed by atoms with Crippen LogP contribution in [-0.2, 0) is 9.53 Å². The molecule has 1 amide bonds. The van der Waals surface area contributed by atoms with E-state index in [4.69, 9.17) is 9.47 Å². The summed E-state index contributed by atoms with van der Waals surface area (Å²) in [7, 11) is 0. The van der Waals surface area contributed by atoms with Crippen LogP contribution in [0.4, 0.5) is 11.4 Å². The molecule has 1 atom stereocenters. The van der Waals surface area contributed by atoms with Crippen LogP contribution in [0.5, 0.6) is 5.75 Å². The zero-order chi connectivity index (χ0) is 14.1. The molecule has 1 aromatic carbocycles. The third kappa shape index (κ3) is 2.45. The van der Waals surface area contributed by atoms with Crippen molar-refractivity contribution >= 4 is 17.3 Å². The first-order valence-electron chi connectivity index (χ1n) is 7.09. The number of benzene rings is 1. The topological polar surface area (TPSA) is 50.8 Å². The third-order valence-corrected chi connectivity index (χ3v) is 3.59. The summed E-state index contributed by atoms with van der Waals surface area (Å²) in [4.78, 5) is 14.3. The highest BCUT2D eigenvalue weighted by Gasteiger charge is 2.32. The lowest BCUT2D eigenvalue weighted by molar-refractivity contribution is -0.116. The molecule has 1 fully saturated rings. The molecule has 1 aromatic rings. The Kier molecular flexibility index (Phi) is 3.53. The molecule has 2 heterocycles. The van der Waals surface area contributed by atoms with Crippen LogP contribution in [0, 0.1) is 0 Å². The van der Waals surface area contributed by atoms with E-state index in [0.717, 1.165) is 23.7 Å². The zero-order valence-corrected chi connectivity index (χ0v) is 11.9. The standard InChI is InChI=1S/C15H20N2O3/c1-10(2)20-13-5-3-4-12-15(13)16-14(18)8-11-9-19-7-6-17(11)12/h3-5,10-11H,6-9H2,1-2H3,(H,16,18). The third-order valence-electron chi connectivity index (χ3n) is 3.59. The fourth-order valence-corrected chi connectivity index (χ4v) is 2.78. The van der Waals surface area contributed by atoms with Crippen LogP contribution in [0.2, 0.25) is 0 Å². The molecule has 1 saturated heterocycles. The quantitative estimate of drug-likeness (QED) is 0.898. The van der Waals surface area contributed by atoms with Crippen LogP contribution in [-0.4, -0.2) is 37.8 Å². The summed E-state index contributed by atoms with van der Waals surface area (Å²) in [5.74, 6) is 0.752. The Hall–Kier alpha value is -1.75. The zero-order valence-electron chi connectivity index (χ0n) is 11.9. The summed E-state index contributed by atoms with van der Waals surface area (Å²) < 4.78 is 11.3. The first-order valence-corrected chi connectivity index (χ1v) is 7.09. The van der Waals surface area contributed by atoms with E-state index in [0.29, 0.717) is 19.6 Å². The average molecular weight is 276 g/mol. The van der Waals surface area contributed by atoms with Gasteiger partial charge in [-0.2, -0.15) is 0 Å². The maximum Gasteiger partial charge on any atom is 0.226 e. The molecule has 5 heteroatoms. The number of anilines is 2. The van der Waals surface area contributed by atoms with Crippen LogP contribution in [0.15, 0.2) is 18.2 Å². The minimum Gasteiger partial charge on any atom is -0.489 e. The minimum atomic E-state index is 0.0176. The molecule has 0 spiro atoms. The van der Waals surface area contributed by atoms with Crippen molar-refractivity contribution in [3.05, 3.63) is 18.2 Å². The molecule has 2 aliphatic rings. The first-order chi connectivity index (χ1) is 9.65. The Balaban J connectivity index is 2.03. The molecule has 0 radical (unpaired) electrons. The van der Waals surface area contributed by atoms with Crippen LogP contribution in [0.1, 0.15) is 20.3 Å². The van der Waals surface area contributed by atoms with Crippen molar-refractivity contribution in [2.45, 2.75) is 32.4 Å². The van der Waals surface area contributed by atoms with Gasteiger partial charge in [0.2, 0.25) is 5.91 Å². The molecule has 108 valence electrons. The van der Waals surface area contributed by atoms with Crippen LogP contribution in [0.25, 0.3) is 0 Å². The lowest BCUT2D eigenvalue weighted by Gasteiger charge is -2.36. The number of nitrogens with one attached hydrogen (secondary N) is 1. The molecule has 2 aliphatic heterocycles. The number of morpholine rings is 1. The van der Waals surface area contributed by atoms with Crippen LogP contribution < -0.4 is 15.0 Å². The molecule has 0 aliphatic carbocycles. The first kappa shape index (κ1) is 13.2. The molecule has 1 unspecified atom stereocenters. The molecular formula is C15H20N2O3. The van der Waals surface area contributed by atoms with Gasteiger partial charge in [-0.25, -0.2) is 0 Å². The number of rotatable bonds is 2. The van der Waals surface area contributed by atoms with Gasteiger partial charge in [0.25, 0.3) is 0 Å². The Bertz CT molecular complexity index is 516. The Morgan fingerprint density at radius 2 is 2.30 bits per heavy atom. The molecule has 1 N–H and O–H groups in total. The molecule has 3 rings (SSSR count). The number of hydrogen-bond acceptors (Lipinski definition) is 4. The second-order valence-electron chi connectivity index (χ2n) is 5.49. The molecule has 20 heavy (non-hydrogen) atoms. The van der Waals surface area contributed by atoms with Gasteiger partial charge in [-0.3, -0.25) is 4.79 Å². The molecule has 5 nitrogen and oxygen atoms in total. The normalized spacial score (nSPS) is 21.9. The Morgan fingerprint density at radius 1 is 1.45 bits per heavy atom. The summed E-state index contributed by atoms with van der Waals surface area (Å²) in [6, 6.07) is 6.02. The van der Waals surface area contributed by atoms with Gasteiger partial charge in [-0.15, -0.1) is 0 Å². The van der Waals surface area contributed by atoms with E-state index in [2.05, 4.69) is 10.2 Å². The van der Waals surface area contributed by atoms with Gasteiger partial charge in [-0.05, 0) is 26.0 Å². The summed E-state index contributed by atoms with van der Waals surface area (Å²) >= 11 is 0. The van der Waals surface area contributed by atoms with Gasteiger partial charge in [0, 0.05) is 13.0 Å². The number of carbonyl (C=O) groups is 1. The van der Waals surface area contributed by atoms with Gasteiger partial charge in [-0.1, -0.05) is 6.07 Å². The van der Waals surface area contributed by atoms with E-state index in [1.807, 2.05) is 32.0 Å². The molecular weight excluding hydrogens is 256 g/mol. The summed E-state index contributed by atoms with van der Waals surface area (Å²) in [5, 5.41) is 2.99. The van der Waals surface area contributed by atoms with Crippen LogP contribution in [0.3, 0.4) is 0 Å². The smallest absolute Gasteiger partial charge is 0.226 e. The number of fused-ring (bicyclic) bond motifs is 3. The lowest BCUT2D eigenvalue weighted by Crippen LogP contribution is -2.45. The van der Waals surface area contributed by atoms with Crippen molar-refractivity contribution < 1.29 is 14.3 Å². The number of nitrogens with zero attached hydrogens (tertiary/aromatic N) is 1. The van der Waals surface area contributed by atoms with Gasteiger partial charge < -0.3 is 19.7 Å². The lowest BCUT2D eigenvalue weighted by atomic mass is 10.1. The second kappa shape index (κ2) is 5.32. The van der Waals surface area contributed by atoms with Crippen molar-refractivity contribution in [2.75, 3.05) is 30.0 Å². The second-order valence-corrected chi connectivity index (χ2v) is 5.49. The number of hydrogen-bond donors (Lipinski definition) is 1. The minimum absolute atomic E-state index is 0.0176. The number of carbonyl (C=O) groups excluding carboxylic acids is 1. The predicted octanol–water partition coefficient (Wildman–Crippen LogP) is 2.02. The van der Waals surface area contributed by atoms with Crippen molar-refractivity contribution in [1.29, 1.82) is 0 Å². The van der Waals surface area contributed by atoms with E-state index in [1.54, 1.807) is 0 Å². The summed E-state index contributed by atoms with van der Waals surface area (Å²) in [6.07, 6.45) is 0.526. The van der Waals surface area contributed by atoms with Gasteiger partial charge in [0.15, 0.2) is 0 Å². The van der Waals surface area contributed by atoms with Gasteiger partial charge in [0.1, 0.15) is 11.4 Å². The van der Waals surface area contributed by atoms with E-state index < -0.39 is 0 Å². The number of amides is 1. The largest absolute Gasteiger partial charge is 0.489 e. The SMILES string of the molecule is CC(C)Oc1cccc2c1NC(=O)CC1COCCN21. The van der Waals surface area contributed by atoms with E-state index in [9.17, 15) is 4.79 Å². The van der Waals surface area contributed by atoms with Gasteiger partial charge >= 0.3 is 0 Å².